The molecule has 0 bridgehead atoms. The molecular weight excluding hydrogens is 229 g/mol. The maximum absolute atomic E-state index is 9.12. The van der Waals surface area contributed by atoms with Crippen molar-refractivity contribution in [1.82, 2.24) is 0 Å². The standard InChI is InChI=1S/F2O.Lu/c1-3-2;. The van der Waals surface area contributed by atoms with E-state index in [1.54, 1.807) is 0 Å². The zero-order valence-electron chi connectivity index (χ0n) is 1.42. The molecule has 0 rings (SSSR count). The second-order valence-electron chi connectivity index (χ2n) is 0.0583. The Morgan fingerprint density at radius 2 is 1.25 bits per heavy atom. The van der Waals surface area contributed by atoms with Gasteiger partial charge in [-0.1, -0.05) is 0 Å². The van der Waals surface area contributed by atoms with Crippen LogP contribution in [0.4, 0.5) is 9.05 Å². The summed E-state index contributed by atoms with van der Waals surface area (Å²) >= 11 is 0. The predicted octanol–water partition coefficient (Wildman–Crippen LogP) is 0.772. The molecule has 0 spiro atoms. The van der Waals surface area contributed by atoms with E-state index in [1.807, 2.05) is 0 Å². The van der Waals surface area contributed by atoms with Gasteiger partial charge >= 0.3 is 0 Å². The minimum absolute atomic E-state index is 0. The van der Waals surface area contributed by atoms with Gasteiger partial charge in [0, 0.05) is 42.0 Å². The predicted molar refractivity (Wildman–Crippen MR) is 3.30 cm³/mol. The third-order valence-electron chi connectivity index (χ3n) is 0. The summed E-state index contributed by atoms with van der Waals surface area (Å²) in [5.41, 5.74) is 0. The largest absolute Gasteiger partial charge is 0.0209 e. The van der Waals surface area contributed by atoms with E-state index in [0.717, 1.165) is 0 Å². The Balaban J connectivity index is 0. The summed E-state index contributed by atoms with van der Waals surface area (Å²) in [6, 6.07) is 0. The minimum Gasteiger partial charge on any atom is -0.0104 e. The van der Waals surface area contributed by atoms with Gasteiger partial charge in [-0.2, -0.15) is 0 Å². The first-order chi connectivity index (χ1) is 1.41. The van der Waals surface area contributed by atoms with Crippen molar-refractivity contribution in [3.63, 3.8) is 0 Å². The van der Waals surface area contributed by atoms with E-state index in [9.17, 15) is 0 Å². The summed E-state index contributed by atoms with van der Waals surface area (Å²) in [4.78, 5) is 0. The average Bonchev–Trinajstić information content (AvgIpc) is 0.918. The topological polar surface area (TPSA) is 9.23 Å². The van der Waals surface area contributed by atoms with Crippen molar-refractivity contribution in [3.8, 4) is 0 Å². The van der Waals surface area contributed by atoms with Crippen LogP contribution in [0.5, 0.6) is 0 Å². The Hall–Kier alpha value is 1.05. The summed E-state index contributed by atoms with van der Waals surface area (Å²) in [5, 5.41) is 1.25. The molecule has 0 aliphatic heterocycles. The molecule has 0 atom stereocenters. The molecule has 0 amide bonds. The Kier molecular flexibility index (Phi) is 20.0. The molecule has 1 radical (unpaired) electrons. The maximum atomic E-state index is 9.12. The summed E-state index contributed by atoms with van der Waals surface area (Å²) in [6.45, 7) is 0. The molecule has 4 heavy (non-hydrogen) atoms. The number of hydrogen-bond acceptors (Lipinski definition) is 1. The van der Waals surface area contributed by atoms with Crippen LogP contribution in [0.15, 0.2) is 0 Å². The molecule has 1 nitrogen and oxygen atoms in total. The van der Waals surface area contributed by atoms with E-state index in [-0.39, 0.29) is 36.9 Å². The normalized spacial score (nSPS) is 4.50. The van der Waals surface area contributed by atoms with Crippen molar-refractivity contribution in [2.75, 3.05) is 0 Å². The van der Waals surface area contributed by atoms with E-state index >= 15 is 0 Å². The fourth-order valence-electron chi connectivity index (χ4n) is 0. The number of rotatable bonds is 0. The van der Waals surface area contributed by atoms with Crippen molar-refractivity contribution in [2.45, 2.75) is 0 Å². The van der Waals surface area contributed by atoms with Crippen LogP contribution in [0, 0.1) is 36.9 Å². The van der Waals surface area contributed by atoms with Crippen LogP contribution in [0.1, 0.15) is 0 Å². The molecule has 0 aromatic rings. The minimum atomic E-state index is 0. The third kappa shape index (κ3) is 11.6. The van der Waals surface area contributed by atoms with Gasteiger partial charge in [0.25, 0.3) is 0 Å². The summed E-state index contributed by atoms with van der Waals surface area (Å²) < 4.78 is 18.2. The fraction of sp³-hybridized carbons (Fsp3) is 0. The average molecular weight is 229 g/mol. The van der Waals surface area contributed by atoms with Crippen molar-refractivity contribution in [2.24, 2.45) is 0 Å². The smallest absolute Gasteiger partial charge is 0.0104 e. The van der Waals surface area contributed by atoms with Crippen LogP contribution in [-0.4, -0.2) is 0 Å². The molecule has 0 unspecified atom stereocenters. The van der Waals surface area contributed by atoms with Gasteiger partial charge in [-0.3, -0.25) is 0 Å². The molecule has 0 aromatic heterocycles. The zero-order valence-corrected chi connectivity index (χ0v) is 3.08. The SMILES string of the molecule is FOF.[Lu]. The van der Waals surface area contributed by atoms with Gasteiger partial charge in [0.2, 0.25) is 0 Å². The Morgan fingerprint density at radius 1 is 1.25 bits per heavy atom. The summed E-state index contributed by atoms with van der Waals surface area (Å²) in [6.07, 6.45) is 0. The first kappa shape index (κ1) is 8.91. The van der Waals surface area contributed by atoms with E-state index < -0.39 is 0 Å². The Labute approximate surface area is 50.9 Å². The molecular formula is F2LuO. The van der Waals surface area contributed by atoms with Crippen LogP contribution in [0.3, 0.4) is 0 Å². The molecule has 0 N–H and O–H groups in total. The van der Waals surface area contributed by atoms with Gasteiger partial charge in [-0.05, 0) is 9.05 Å². The number of hydrogen-bond donors (Lipinski definition) is 0. The second kappa shape index (κ2) is 8.96. The van der Waals surface area contributed by atoms with Gasteiger partial charge in [-0.15, -0.1) is 0 Å². The molecule has 35 valence electrons. The van der Waals surface area contributed by atoms with Crippen molar-refractivity contribution >= 4 is 0 Å². The zero-order chi connectivity index (χ0) is 2.71. The second-order valence-corrected chi connectivity index (χ2v) is 0.0583. The van der Waals surface area contributed by atoms with E-state index in [1.165, 1.54) is 5.15 Å². The van der Waals surface area contributed by atoms with Gasteiger partial charge < -0.3 is 0 Å². The van der Waals surface area contributed by atoms with E-state index in [2.05, 4.69) is 0 Å². The number of halogens is 2. The molecule has 0 aromatic carbocycles. The van der Waals surface area contributed by atoms with Crippen molar-refractivity contribution in [1.29, 1.82) is 0 Å². The van der Waals surface area contributed by atoms with Gasteiger partial charge in [0.15, 0.2) is 0 Å². The Bertz CT molecular complexity index is 6.00. The van der Waals surface area contributed by atoms with Crippen molar-refractivity contribution < 1.29 is 51.1 Å². The third-order valence-corrected chi connectivity index (χ3v) is 0. The van der Waals surface area contributed by atoms with Crippen molar-refractivity contribution in [3.05, 3.63) is 0 Å². The Morgan fingerprint density at radius 3 is 1.25 bits per heavy atom. The first-order valence-corrected chi connectivity index (χ1v) is 0.309. The van der Waals surface area contributed by atoms with Gasteiger partial charge in [0.05, 0.1) is 0 Å². The quantitative estimate of drug-likeness (QED) is 0.596. The molecule has 0 fully saturated rings. The summed E-state index contributed by atoms with van der Waals surface area (Å²) in [7, 11) is 0. The monoisotopic (exact) mass is 229 g/mol. The molecule has 0 aliphatic carbocycles. The van der Waals surface area contributed by atoms with Gasteiger partial charge in [-0.25, -0.2) is 0 Å². The van der Waals surface area contributed by atoms with Crippen LogP contribution in [-0.2, 0) is 5.15 Å². The first-order valence-electron chi connectivity index (χ1n) is 0.309. The molecule has 0 saturated carbocycles. The van der Waals surface area contributed by atoms with E-state index in [4.69, 9.17) is 9.05 Å². The maximum Gasteiger partial charge on any atom is 0.0209 e. The molecule has 0 heterocycles. The summed E-state index contributed by atoms with van der Waals surface area (Å²) in [5.74, 6) is 0. The molecule has 0 saturated heterocycles. The van der Waals surface area contributed by atoms with Crippen LogP contribution in [0.25, 0.3) is 0 Å². The van der Waals surface area contributed by atoms with Gasteiger partial charge in [0.1, 0.15) is 0 Å². The van der Waals surface area contributed by atoms with E-state index in [0.29, 0.717) is 0 Å². The molecule has 0 aliphatic rings. The fourth-order valence-corrected chi connectivity index (χ4v) is 0. The molecule has 4 heteroatoms. The van der Waals surface area contributed by atoms with Crippen LogP contribution < -0.4 is 0 Å². The van der Waals surface area contributed by atoms with Crippen LogP contribution >= 0.6 is 0 Å². The van der Waals surface area contributed by atoms with Crippen LogP contribution in [0.2, 0.25) is 0 Å².